The molecule has 114 valence electrons. The SMILES string of the molecule is CCCN1CCCC2(CCN(C(=O)c3ccns3)C2)C1=O. The summed E-state index contributed by atoms with van der Waals surface area (Å²) in [6, 6.07) is 1.75. The highest BCUT2D eigenvalue weighted by Crippen LogP contribution is 2.40. The first kappa shape index (κ1) is 14.5. The predicted octanol–water partition coefficient (Wildman–Crippen LogP) is 2.01. The van der Waals surface area contributed by atoms with Crippen LogP contribution >= 0.6 is 11.5 Å². The minimum Gasteiger partial charge on any atom is -0.342 e. The summed E-state index contributed by atoms with van der Waals surface area (Å²) in [6.07, 6.45) is 5.41. The van der Waals surface area contributed by atoms with Crippen molar-refractivity contribution in [3.63, 3.8) is 0 Å². The van der Waals surface area contributed by atoms with Crippen LogP contribution in [0.3, 0.4) is 0 Å². The average molecular weight is 307 g/mol. The molecule has 0 radical (unpaired) electrons. The van der Waals surface area contributed by atoms with Gasteiger partial charge in [0.1, 0.15) is 4.88 Å². The Morgan fingerprint density at radius 1 is 1.43 bits per heavy atom. The normalized spacial score (nSPS) is 25.9. The summed E-state index contributed by atoms with van der Waals surface area (Å²) >= 11 is 1.23. The molecule has 1 aromatic rings. The Morgan fingerprint density at radius 3 is 3.00 bits per heavy atom. The number of aromatic nitrogens is 1. The van der Waals surface area contributed by atoms with Gasteiger partial charge in [0.2, 0.25) is 5.91 Å². The summed E-state index contributed by atoms with van der Waals surface area (Å²) in [5.41, 5.74) is -0.326. The van der Waals surface area contributed by atoms with Gasteiger partial charge in [-0.05, 0) is 43.3 Å². The molecular weight excluding hydrogens is 286 g/mol. The van der Waals surface area contributed by atoms with Gasteiger partial charge in [-0.2, -0.15) is 0 Å². The fourth-order valence-electron chi connectivity index (χ4n) is 3.54. The van der Waals surface area contributed by atoms with E-state index < -0.39 is 0 Å². The number of likely N-dealkylation sites (tertiary alicyclic amines) is 2. The number of rotatable bonds is 3. The Labute approximate surface area is 129 Å². The zero-order chi connectivity index (χ0) is 14.9. The van der Waals surface area contributed by atoms with Gasteiger partial charge in [-0.25, -0.2) is 4.37 Å². The van der Waals surface area contributed by atoms with Crippen molar-refractivity contribution in [3.05, 3.63) is 17.1 Å². The van der Waals surface area contributed by atoms with E-state index in [1.54, 1.807) is 12.3 Å². The summed E-state index contributed by atoms with van der Waals surface area (Å²) in [6.45, 7) is 5.06. The maximum absolute atomic E-state index is 12.8. The van der Waals surface area contributed by atoms with Crippen molar-refractivity contribution in [2.75, 3.05) is 26.2 Å². The molecule has 2 saturated heterocycles. The zero-order valence-corrected chi connectivity index (χ0v) is 13.2. The first-order valence-electron chi connectivity index (χ1n) is 7.66. The van der Waals surface area contributed by atoms with Crippen molar-refractivity contribution < 1.29 is 9.59 Å². The molecule has 0 aromatic carbocycles. The van der Waals surface area contributed by atoms with Crippen molar-refractivity contribution in [1.82, 2.24) is 14.2 Å². The molecule has 1 unspecified atom stereocenters. The van der Waals surface area contributed by atoms with E-state index in [-0.39, 0.29) is 17.2 Å². The Balaban J connectivity index is 1.73. The lowest BCUT2D eigenvalue weighted by atomic mass is 9.78. The quantitative estimate of drug-likeness (QED) is 0.858. The van der Waals surface area contributed by atoms with Crippen molar-refractivity contribution in [1.29, 1.82) is 0 Å². The minimum absolute atomic E-state index is 0.0230. The van der Waals surface area contributed by atoms with E-state index in [9.17, 15) is 9.59 Å². The van der Waals surface area contributed by atoms with Crippen LogP contribution < -0.4 is 0 Å². The van der Waals surface area contributed by atoms with Gasteiger partial charge in [0.05, 0.1) is 5.41 Å². The predicted molar refractivity (Wildman–Crippen MR) is 81.2 cm³/mol. The van der Waals surface area contributed by atoms with Gasteiger partial charge in [-0.1, -0.05) is 6.92 Å². The van der Waals surface area contributed by atoms with E-state index >= 15 is 0 Å². The van der Waals surface area contributed by atoms with Crippen LogP contribution in [0.5, 0.6) is 0 Å². The lowest BCUT2D eigenvalue weighted by Crippen LogP contribution is -2.50. The molecule has 0 aliphatic carbocycles. The second kappa shape index (κ2) is 5.75. The molecule has 3 heterocycles. The second-order valence-corrected chi connectivity index (χ2v) is 6.86. The lowest BCUT2D eigenvalue weighted by molar-refractivity contribution is -0.145. The molecule has 2 aliphatic rings. The molecule has 1 atom stereocenters. The van der Waals surface area contributed by atoms with E-state index in [0.717, 1.165) is 38.8 Å². The fraction of sp³-hybridized carbons (Fsp3) is 0.667. The molecule has 0 saturated carbocycles. The van der Waals surface area contributed by atoms with Crippen molar-refractivity contribution in [2.45, 2.75) is 32.6 Å². The van der Waals surface area contributed by atoms with Gasteiger partial charge in [0, 0.05) is 32.4 Å². The largest absolute Gasteiger partial charge is 0.342 e. The zero-order valence-electron chi connectivity index (χ0n) is 12.4. The van der Waals surface area contributed by atoms with Crippen LogP contribution in [0.4, 0.5) is 0 Å². The molecule has 5 nitrogen and oxygen atoms in total. The highest BCUT2D eigenvalue weighted by Gasteiger charge is 2.49. The molecule has 1 aromatic heterocycles. The van der Waals surface area contributed by atoms with Crippen LogP contribution in [0.25, 0.3) is 0 Å². The number of piperidine rings is 1. The smallest absolute Gasteiger partial charge is 0.265 e. The van der Waals surface area contributed by atoms with E-state index in [2.05, 4.69) is 11.3 Å². The molecule has 21 heavy (non-hydrogen) atoms. The molecule has 6 heteroatoms. The number of nitrogens with zero attached hydrogens (tertiary/aromatic N) is 3. The third-order valence-corrected chi connectivity index (χ3v) is 5.34. The van der Waals surface area contributed by atoms with E-state index in [1.807, 2.05) is 9.80 Å². The molecule has 3 rings (SSSR count). The van der Waals surface area contributed by atoms with Gasteiger partial charge >= 0.3 is 0 Å². The third-order valence-electron chi connectivity index (χ3n) is 4.61. The van der Waals surface area contributed by atoms with Crippen molar-refractivity contribution in [2.24, 2.45) is 5.41 Å². The number of hydrogen-bond acceptors (Lipinski definition) is 4. The number of carbonyl (C=O) groups is 2. The lowest BCUT2D eigenvalue weighted by Gasteiger charge is -2.39. The second-order valence-electron chi connectivity index (χ2n) is 6.03. The van der Waals surface area contributed by atoms with Crippen LogP contribution in [0.1, 0.15) is 42.3 Å². The third kappa shape index (κ3) is 2.57. The summed E-state index contributed by atoms with van der Waals surface area (Å²) in [4.78, 5) is 29.7. The summed E-state index contributed by atoms with van der Waals surface area (Å²) in [7, 11) is 0. The van der Waals surface area contributed by atoms with Gasteiger partial charge in [0.15, 0.2) is 0 Å². The topological polar surface area (TPSA) is 53.5 Å². The molecule has 0 bridgehead atoms. The minimum atomic E-state index is -0.326. The molecule has 1 spiro atoms. The number of carbonyl (C=O) groups excluding carboxylic acids is 2. The van der Waals surface area contributed by atoms with Crippen molar-refractivity contribution >= 4 is 23.3 Å². The Morgan fingerprint density at radius 2 is 2.29 bits per heavy atom. The highest BCUT2D eigenvalue weighted by atomic mass is 32.1. The first-order chi connectivity index (χ1) is 10.2. The number of hydrogen-bond donors (Lipinski definition) is 0. The molecule has 2 amide bonds. The van der Waals surface area contributed by atoms with Crippen LogP contribution in [0.15, 0.2) is 12.3 Å². The highest BCUT2D eigenvalue weighted by molar-refractivity contribution is 7.08. The van der Waals surface area contributed by atoms with Crippen LogP contribution in [-0.2, 0) is 4.79 Å². The van der Waals surface area contributed by atoms with Crippen LogP contribution in [-0.4, -0.2) is 52.2 Å². The molecular formula is C15H21N3O2S. The average Bonchev–Trinajstić information content (AvgIpc) is 3.14. The van der Waals surface area contributed by atoms with E-state index in [4.69, 9.17) is 0 Å². The Kier molecular flexibility index (Phi) is 3.97. The fourth-order valence-corrected chi connectivity index (χ4v) is 4.11. The van der Waals surface area contributed by atoms with Gasteiger partial charge in [0.25, 0.3) is 5.91 Å². The van der Waals surface area contributed by atoms with Crippen LogP contribution in [0, 0.1) is 5.41 Å². The maximum Gasteiger partial charge on any atom is 0.265 e. The Hall–Kier alpha value is -1.43. The Bertz CT molecular complexity index is 529. The van der Waals surface area contributed by atoms with E-state index in [1.165, 1.54) is 11.5 Å². The first-order valence-corrected chi connectivity index (χ1v) is 8.43. The summed E-state index contributed by atoms with van der Waals surface area (Å²) < 4.78 is 3.99. The number of amides is 2. The van der Waals surface area contributed by atoms with Gasteiger partial charge < -0.3 is 9.80 Å². The van der Waals surface area contributed by atoms with Crippen LogP contribution in [0.2, 0.25) is 0 Å². The van der Waals surface area contributed by atoms with Crippen molar-refractivity contribution in [3.8, 4) is 0 Å². The van der Waals surface area contributed by atoms with Gasteiger partial charge in [-0.15, -0.1) is 0 Å². The van der Waals surface area contributed by atoms with Gasteiger partial charge in [-0.3, -0.25) is 9.59 Å². The molecule has 0 N–H and O–H groups in total. The summed E-state index contributed by atoms with van der Waals surface area (Å²) in [5, 5.41) is 0. The standard InChI is InChI=1S/C15H21N3O2S/c1-2-8-17-9-3-5-15(14(17)20)6-10-18(11-15)13(19)12-4-7-16-21-12/h4,7H,2-3,5-6,8-11H2,1H3. The maximum atomic E-state index is 12.8. The molecule has 2 fully saturated rings. The van der Waals surface area contributed by atoms with E-state index in [0.29, 0.717) is 18.0 Å². The monoisotopic (exact) mass is 307 g/mol. The summed E-state index contributed by atoms with van der Waals surface area (Å²) in [5.74, 6) is 0.282. The molecule has 2 aliphatic heterocycles.